The zero-order valence-corrected chi connectivity index (χ0v) is 17.5. The van der Waals surface area contributed by atoms with Crippen LogP contribution in [-0.2, 0) is 9.59 Å². The van der Waals surface area contributed by atoms with Gasteiger partial charge < -0.3 is 14.5 Å². The topological polar surface area (TPSA) is 49.9 Å². The van der Waals surface area contributed by atoms with Crippen LogP contribution in [0.3, 0.4) is 0 Å². The van der Waals surface area contributed by atoms with E-state index in [1.807, 2.05) is 41.0 Å². The number of ether oxygens (including phenoxy) is 1. The minimum Gasteiger partial charge on any atom is -0.496 e. The van der Waals surface area contributed by atoms with E-state index in [1.54, 1.807) is 18.9 Å². The van der Waals surface area contributed by atoms with Crippen LogP contribution in [0.1, 0.15) is 51.0 Å². The maximum Gasteiger partial charge on any atom is 0.236 e. The fourth-order valence-electron chi connectivity index (χ4n) is 3.74. The molecular formula is C21H30N2O3S. The first-order chi connectivity index (χ1) is 12.9. The highest BCUT2D eigenvalue weighted by molar-refractivity contribution is 8.01. The molecule has 0 spiro atoms. The summed E-state index contributed by atoms with van der Waals surface area (Å²) < 4.78 is 5.52. The van der Waals surface area contributed by atoms with Crippen LogP contribution in [0.25, 0.3) is 0 Å². The molecule has 1 aliphatic heterocycles. The van der Waals surface area contributed by atoms with E-state index in [0.717, 1.165) is 30.6 Å². The molecule has 1 aromatic rings. The summed E-state index contributed by atoms with van der Waals surface area (Å²) in [5, 5.41) is -0.161. The SMILES string of the molecule is COc1ccccc1C1SC(C)C(=O)N1CCN(C(=O)C1CCC1)C(C)C. The first kappa shape index (κ1) is 20.1. The average Bonchev–Trinajstić information content (AvgIpc) is 2.88. The zero-order valence-electron chi connectivity index (χ0n) is 16.7. The Balaban J connectivity index is 1.75. The summed E-state index contributed by atoms with van der Waals surface area (Å²) in [6.07, 6.45) is 3.15. The summed E-state index contributed by atoms with van der Waals surface area (Å²) in [6, 6.07) is 8.02. The molecule has 5 nitrogen and oxygen atoms in total. The van der Waals surface area contributed by atoms with E-state index in [-0.39, 0.29) is 34.4 Å². The van der Waals surface area contributed by atoms with Gasteiger partial charge in [0.05, 0.1) is 12.4 Å². The number of thioether (sulfide) groups is 1. The molecule has 2 fully saturated rings. The van der Waals surface area contributed by atoms with Gasteiger partial charge in [-0.2, -0.15) is 0 Å². The van der Waals surface area contributed by atoms with E-state index in [9.17, 15) is 9.59 Å². The largest absolute Gasteiger partial charge is 0.496 e. The second kappa shape index (κ2) is 8.55. The molecule has 6 heteroatoms. The number of carbonyl (C=O) groups is 2. The molecule has 0 N–H and O–H groups in total. The molecule has 148 valence electrons. The number of hydrogen-bond donors (Lipinski definition) is 0. The van der Waals surface area contributed by atoms with Gasteiger partial charge in [0.1, 0.15) is 11.1 Å². The van der Waals surface area contributed by atoms with Crippen LogP contribution in [0.15, 0.2) is 24.3 Å². The molecule has 1 aromatic carbocycles. The van der Waals surface area contributed by atoms with E-state index >= 15 is 0 Å². The predicted octanol–water partition coefficient (Wildman–Crippen LogP) is 3.69. The van der Waals surface area contributed by atoms with Gasteiger partial charge in [0.15, 0.2) is 0 Å². The van der Waals surface area contributed by atoms with Gasteiger partial charge in [-0.25, -0.2) is 0 Å². The Morgan fingerprint density at radius 1 is 1.33 bits per heavy atom. The number of para-hydroxylation sites is 1. The lowest BCUT2D eigenvalue weighted by Crippen LogP contribution is -2.47. The Morgan fingerprint density at radius 3 is 2.63 bits per heavy atom. The molecular weight excluding hydrogens is 360 g/mol. The highest BCUT2D eigenvalue weighted by Crippen LogP contribution is 2.45. The van der Waals surface area contributed by atoms with Crippen molar-refractivity contribution in [3.8, 4) is 5.75 Å². The Bertz CT molecular complexity index is 690. The van der Waals surface area contributed by atoms with E-state index in [1.165, 1.54) is 0 Å². The maximum absolute atomic E-state index is 12.8. The van der Waals surface area contributed by atoms with Crippen molar-refractivity contribution in [3.63, 3.8) is 0 Å². The third kappa shape index (κ3) is 4.10. The molecule has 2 unspecified atom stereocenters. The average molecular weight is 391 g/mol. The second-order valence-electron chi connectivity index (χ2n) is 7.66. The van der Waals surface area contributed by atoms with Crippen molar-refractivity contribution < 1.29 is 14.3 Å². The van der Waals surface area contributed by atoms with Crippen LogP contribution >= 0.6 is 11.8 Å². The number of rotatable bonds is 7. The highest BCUT2D eigenvalue weighted by atomic mass is 32.2. The van der Waals surface area contributed by atoms with E-state index in [0.29, 0.717) is 13.1 Å². The van der Waals surface area contributed by atoms with Gasteiger partial charge in [0.2, 0.25) is 11.8 Å². The predicted molar refractivity (Wildman–Crippen MR) is 109 cm³/mol. The lowest BCUT2D eigenvalue weighted by molar-refractivity contribution is -0.141. The van der Waals surface area contributed by atoms with Crippen molar-refractivity contribution in [1.29, 1.82) is 0 Å². The van der Waals surface area contributed by atoms with Gasteiger partial charge >= 0.3 is 0 Å². The minimum atomic E-state index is -0.0882. The molecule has 2 atom stereocenters. The number of methoxy groups -OCH3 is 1. The monoisotopic (exact) mass is 390 g/mol. The summed E-state index contributed by atoms with van der Waals surface area (Å²) in [7, 11) is 1.66. The second-order valence-corrected chi connectivity index (χ2v) is 9.08. The smallest absolute Gasteiger partial charge is 0.236 e. The van der Waals surface area contributed by atoms with Gasteiger partial charge in [-0.3, -0.25) is 9.59 Å². The van der Waals surface area contributed by atoms with Crippen LogP contribution in [-0.4, -0.2) is 53.1 Å². The summed E-state index contributed by atoms with van der Waals surface area (Å²) in [6.45, 7) is 7.19. The molecule has 2 amide bonds. The first-order valence-electron chi connectivity index (χ1n) is 9.83. The van der Waals surface area contributed by atoms with Crippen molar-refractivity contribution in [2.75, 3.05) is 20.2 Å². The fraction of sp³-hybridized carbons (Fsp3) is 0.619. The number of amides is 2. The van der Waals surface area contributed by atoms with Crippen LogP contribution in [0.2, 0.25) is 0 Å². The molecule has 0 radical (unpaired) electrons. The fourth-order valence-corrected chi connectivity index (χ4v) is 5.08. The summed E-state index contributed by atoms with van der Waals surface area (Å²) in [4.78, 5) is 29.4. The number of nitrogens with zero attached hydrogens (tertiary/aromatic N) is 2. The molecule has 1 saturated carbocycles. The Hall–Kier alpha value is -1.69. The van der Waals surface area contributed by atoms with Crippen molar-refractivity contribution in [1.82, 2.24) is 9.80 Å². The Labute approximate surface area is 166 Å². The van der Waals surface area contributed by atoms with Gasteiger partial charge in [-0.15, -0.1) is 11.8 Å². The van der Waals surface area contributed by atoms with E-state index < -0.39 is 0 Å². The van der Waals surface area contributed by atoms with E-state index in [4.69, 9.17) is 4.74 Å². The normalized spacial score (nSPS) is 22.9. The first-order valence-corrected chi connectivity index (χ1v) is 10.8. The highest BCUT2D eigenvalue weighted by Gasteiger charge is 2.40. The Morgan fingerprint density at radius 2 is 2.04 bits per heavy atom. The van der Waals surface area contributed by atoms with Gasteiger partial charge in [-0.05, 0) is 39.7 Å². The number of hydrogen-bond acceptors (Lipinski definition) is 4. The van der Waals surface area contributed by atoms with Crippen LogP contribution in [0.4, 0.5) is 0 Å². The van der Waals surface area contributed by atoms with Crippen molar-refractivity contribution >= 4 is 23.6 Å². The zero-order chi connectivity index (χ0) is 19.6. The molecule has 1 saturated heterocycles. The van der Waals surface area contributed by atoms with Crippen LogP contribution in [0, 0.1) is 5.92 Å². The third-order valence-electron chi connectivity index (χ3n) is 5.59. The van der Waals surface area contributed by atoms with Crippen molar-refractivity contribution in [2.24, 2.45) is 5.92 Å². The molecule has 1 heterocycles. The Kier molecular flexibility index (Phi) is 6.35. The maximum atomic E-state index is 12.8. The third-order valence-corrected chi connectivity index (χ3v) is 6.97. The lowest BCUT2D eigenvalue weighted by atomic mass is 9.84. The molecule has 0 aromatic heterocycles. The van der Waals surface area contributed by atoms with Gasteiger partial charge in [0, 0.05) is 30.6 Å². The molecule has 2 aliphatic rings. The van der Waals surface area contributed by atoms with Crippen LogP contribution < -0.4 is 4.74 Å². The minimum absolute atomic E-state index is 0.0727. The van der Waals surface area contributed by atoms with Gasteiger partial charge in [-0.1, -0.05) is 24.6 Å². The number of carbonyl (C=O) groups excluding carboxylic acids is 2. The quantitative estimate of drug-likeness (QED) is 0.712. The number of benzene rings is 1. The summed E-state index contributed by atoms with van der Waals surface area (Å²) in [5.41, 5.74) is 1.02. The van der Waals surface area contributed by atoms with Crippen molar-refractivity contribution in [3.05, 3.63) is 29.8 Å². The molecule has 1 aliphatic carbocycles. The molecule has 0 bridgehead atoms. The van der Waals surface area contributed by atoms with E-state index in [2.05, 4.69) is 13.8 Å². The summed E-state index contributed by atoms with van der Waals surface area (Å²) >= 11 is 1.65. The summed E-state index contributed by atoms with van der Waals surface area (Å²) in [5.74, 6) is 1.36. The van der Waals surface area contributed by atoms with Crippen molar-refractivity contribution in [2.45, 2.75) is 56.7 Å². The lowest BCUT2D eigenvalue weighted by Gasteiger charge is -2.36. The molecule has 27 heavy (non-hydrogen) atoms. The molecule has 3 rings (SSSR count). The van der Waals surface area contributed by atoms with Crippen LogP contribution in [0.5, 0.6) is 5.75 Å². The van der Waals surface area contributed by atoms with Gasteiger partial charge in [0.25, 0.3) is 0 Å². The standard InChI is InChI=1S/C21H30N2O3S/c1-14(2)22(20(25)16-8-7-9-16)12-13-23-19(24)15(3)27-21(23)17-10-5-6-11-18(17)26-4/h5-6,10-11,14-16,21H,7-9,12-13H2,1-4H3.